The van der Waals surface area contributed by atoms with Gasteiger partial charge in [-0.05, 0) is 41.8 Å². The first-order chi connectivity index (χ1) is 7.94. The van der Waals surface area contributed by atoms with Gasteiger partial charge in [-0.3, -0.25) is 0 Å². The quantitative estimate of drug-likeness (QED) is 0.902. The van der Waals surface area contributed by atoms with Gasteiger partial charge in [-0.2, -0.15) is 4.39 Å². The fourth-order valence-corrected chi connectivity index (χ4v) is 2.83. The van der Waals surface area contributed by atoms with Gasteiger partial charge in [0.2, 0.25) is 5.82 Å². The summed E-state index contributed by atoms with van der Waals surface area (Å²) in [5.74, 6) is -1.06. The monoisotopic (exact) mass is 303 g/mol. The van der Waals surface area contributed by atoms with E-state index in [4.69, 9.17) is 10.5 Å². The molecule has 1 fully saturated rings. The largest absolute Gasteiger partial charge is 0.505 e. The molecule has 1 aliphatic carbocycles. The molecule has 5 heteroatoms. The number of phenolic OH excluding ortho intramolecular Hbond substituents is 1. The van der Waals surface area contributed by atoms with Crippen LogP contribution in [0.25, 0.3) is 0 Å². The normalized spacial score (nSPS) is 18.9. The average molecular weight is 304 g/mol. The van der Waals surface area contributed by atoms with Crippen molar-refractivity contribution in [3.63, 3.8) is 0 Å². The molecule has 17 heavy (non-hydrogen) atoms. The van der Waals surface area contributed by atoms with Crippen molar-refractivity contribution in [2.45, 2.75) is 31.2 Å². The van der Waals surface area contributed by atoms with Crippen molar-refractivity contribution in [3.8, 4) is 11.5 Å². The van der Waals surface area contributed by atoms with Crippen LogP contribution in [0.3, 0.4) is 0 Å². The molecule has 1 unspecified atom stereocenters. The second-order valence-electron chi connectivity index (χ2n) is 4.55. The van der Waals surface area contributed by atoms with Crippen molar-refractivity contribution in [1.82, 2.24) is 0 Å². The number of aromatic hydroxyl groups is 1. The van der Waals surface area contributed by atoms with Gasteiger partial charge in [0.25, 0.3) is 0 Å². The topological polar surface area (TPSA) is 55.5 Å². The number of hydrogen-bond donors (Lipinski definition) is 2. The molecule has 0 radical (unpaired) electrons. The molecule has 0 aliphatic heterocycles. The molecular weight excluding hydrogens is 289 g/mol. The molecule has 1 aromatic carbocycles. The molecule has 1 aromatic rings. The fraction of sp³-hybridized carbons (Fsp3) is 0.500. The van der Waals surface area contributed by atoms with Crippen molar-refractivity contribution in [2.24, 2.45) is 5.73 Å². The Morgan fingerprint density at radius 3 is 2.59 bits per heavy atom. The summed E-state index contributed by atoms with van der Waals surface area (Å²) >= 11 is 3.24. The summed E-state index contributed by atoms with van der Waals surface area (Å²) < 4.78 is 19.3. The lowest BCUT2D eigenvalue weighted by molar-refractivity contribution is 0.355. The number of nitrogens with two attached hydrogens (primary N) is 1. The molecular formula is C12H15BrFNO2. The molecule has 0 amide bonds. The molecule has 0 spiro atoms. The van der Waals surface area contributed by atoms with Crippen LogP contribution in [-0.4, -0.2) is 18.3 Å². The first-order valence-corrected chi connectivity index (χ1v) is 6.24. The predicted molar refractivity (Wildman–Crippen MR) is 66.9 cm³/mol. The number of rotatable bonds is 3. The minimum absolute atomic E-state index is 0.0201. The van der Waals surface area contributed by atoms with Crippen molar-refractivity contribution in [2.75, 3.05) is 7.11 Å². The number of halogens is 2. The van der Waals surface area contributed by atoms with Gasteiger partial charge in [0.15, 0.2) is 11.5 Å². The summed E-state index contributed by atoms with van der Waals surface area (Å²) in [5.41, 5.74) is 6.20. The van der Waals surface area contributed by atoms with E-state index in [9.17, 15) is 9.50 Å². The standard InChI is InChI=1S/C12H15BrFNO2/c1-6(15)12(3-4-12)7-5-8(13)11(17-2)9(14)10(7)16/h5-6,16H,3-4,15H2,1-2H3. The highest BCUT2D eigenvalue weighted by Gasteiger charge is 2.50. The van der Waals surface area contributed by atoms with Gasteiger partial charge in [-0.1, -0.05) is 0 Å². The first kappa shape index (κ1) is 12.6. The van der Waals surface area contributed by atoms with Gasteiger partial charge in [0.1, 0.15) is 0 Å². The van der Waals surface area contributed by atoms with E-state index < -0.39 is 5.82 Å². The summed E-state index contributed by atoms with van der Waals surface area (Å²) in [5, 5.41) is 9.93. The Labute approximate surface area is 108 Å². The number of methoxy groups -OCH3 is 1. The van der Waals surface area contributed by atoms with E-state index in [1.807, 2.05) is 6.92 Å². The molecule has 3 N–H and O–H groups in total. The number of benzene rings is 1. The SMILES string of the molecule is COc1c(Br)cc(C2(C(C)N)CC2)c(O)c1F. The van der Waals surface area contributed by atoms with Crippen LogP contribution in [0.2, 0.25) is 0 Å². The zero-order chi connectivity index (χ0) is 12.8. The molecule has 2 rings (SSSR count). The number of phenols is 1. The van der Waals surface area contributed by atoms with Crippen LogP contribution in [-0.2, 0) is 5.41 Å². The van der Waals surface area contributed by atoms with E-state index in [1.54, 1.807) is 6.07 Å². The van der Waals surface area contributed by atoms with Crippen LogP contribution in [0.4, 0.5) is 4.39 Å². The Morgan fingerprint density at radius 1 is 1.59 bits per heavy atom. The van der Waals surface area contributed by atoms with Crippen molar-refractivity contribution in [3.05, 3.63) is 21.9 Å². The highest BCUT2D eigenvalue weighted by atomic mass is 79.9. The zero-order valence-electron chi connectivity index (χ0n) is 9.76. The van der Waals surface area contributed by atoms with Crippen molar-refractivity contribution < 1.29 is 14.2 Å². The summed E-state index contributed by atoms with van der Waals surface area (Å²) in [6, 6.07) is 1.58. The lowest BCUT2D eigenvalue weighted by Crippen LogP contribution is -2.31. The summed E-state index contributed by atoms with van der Waals surface area (Å²) in [6.07, 6.45) is 1.74. The minimum atomic E-state index is -0.733. The molecule has 1 saturated carbocycles. The van der Waals surface area contributed by atoms with Crippen LogP contribution in [0.5, 0.6) is 11.5 Å². The van der Waals surface area contributed by atoms with Gasteiger partial charge in [-0.15, -0.1) is 0 Å². The summed E-state index contributed by atoms with van der Waals surface area (Å²) in [6.45, 7) is 1.88. The smallest absolute Gasteiger partial charge is 0.208 e. The second-order valence-corrected chi connectivity index (χ2v) is 5.40. The number of hydrogen-bond acceptors (Lipinski definition) is 3. The molecule has 3 nitrogen and oxygen atoms in total. The number of ether oxygens (including phenoxy) is 1. The molecule has 0 saturated heterocycles. The van der Waals surface area contributed by atoms with E-state index in [2.05, 4.69) is 15.9 Å². The zero-order valence-corrected chi connectivity index (χ0v) is 11.3. The average Bonchev–Trinajstić information content (AvgIpc) is 3.05. The van der Waals surface area contributed by atoms with Gasteiger partial charge in [-0.25, -0.2) is 0 Å². The Bertz CT molecular complexity index is 458. The summed E-state index contributed by atoms with van der Waals surface area (Å²) in [4.78, 5) is 0. The van der Waals surface area contributed by atoms with E-state index >= 15 is 0 Å². The van der Waals surface area contributed by atoms with Gasteiger partial charge in [0, 0.05) is 17.0 Å². The third-order valence-electron chi connectivity index (χ3n) is 3.55. The van der Waals surface area contributed by atoms with E-state index in [0.717, 1.165) is 12.8 Å². The Hall–Kier alpha value is -0.810. The maximum Gasteiger partial charge on any atom is 0.208 e. The van der Waals surface area contributed by atoms with Crippen LogP contribution in [0.1, 0.15) is 25.3 Å². The molecule has 94 valence electrons. The predicted octanol–water partition coefficient (Wildman–Crippen LogP) is 2.68. The lowest BCUT2D eigenvalue weighted by Gasteiger charge is -2.22. The van der Waals surface area contributed by atoms with Crippen LogP contribution >= 0.6 is 15.9 Å². The Kier molecular flexibility index (Phi) is 3.08. The molecule has 0 bridgehead atoms. The van der Waals surface area contributed by atoms with Crippen LogP contribution < -0.4 is 10.5 Å². The van der Waals surface area contributed by atoms with Gasteiger partial charge >= 0.3 is 0 Å². The molecule has 0 aromatic heterocycles. The van der Waals surface area contributed by atoms with Crippen LogP contribution in [0.15, 0.2) is 10.5 Å². The van der Waals surface area contributed by atoms with E-state index in [1.165, 1.54) is 7.11 Å². The second kappa shape index (κ2) is 4.14. The van der Waals surface area contributed by atoms with Crippen LogP contribution in [0, 0.1) is 5.82 Å². The molecule has 1 aliphatic rings. The van der Waals surface area contributed by atoms with E-state index in [-0.39, 0.29) is 23.0 Å². The van der Waals surface area contributed by atoms with Crippen molar-refractivity contribution >= 4 is 15.9 Å². The van der Waals surface area contributed by atoms with Gasteiger partial charge in [0.05, 0.1) is 11.6 Å². The highest BCUT2D eigenvalue weighted by molar-refractivity contribution is 9.10. The first-order valence-electron chi connectivity index (χ1n) is 5.45. The summed E-state index contributed by atoms with van der Waals surface area (Å²) in [7, 11) is 1.36. The van der Waals surface area contributed by atoms with Gasteiger partial charge < -0.3 is 15.6 Å². The maximum atomic E-state index is 13.9. The maximum absolute atomic E-state index is 13.9. The highest BCUT2D eigenvalue weighted by Crippen LogP contribution is 2.55. The molecule has 0 heterocycles. The fourth-order valence-electron chi connectivity index (χ4n) is 2.26. The van der Waals surface area contributed by atoms with Crippen molar-refractivity contribution in [1.29, 1.82) is 0 Å². The Balaban J connectivity index is 2.58. The molecule has 1 atom stereocenters. The minimum Gasteiger partial charge on any atom is -0.505 e. The van der Waals surface area contributed by atoms with E-state index in [0.29, 0.717) is 10.0 Å². The lowest BCUT2D eigenvalue weighted by atomic mass is 9.88. The third-order valence-corrected chi connectivity index (χ3v) is 4.14. The third kappa shape index (κ3) is 1.81. The Morgan fingerprint density at radius 2 is 2.18 bits per heavy atom.